The van der Waals surface area contributed by atoms with Crippen LogP contribution in [0.2, 0.25) is 0 Å². The van der Waals surface area contributed by atoms with Crippen LogP contribution in [-0.4, -0.2) is 25.0 Å². The van der Waals surface area contributed by atoms with Gasteiger partial charge in [0.1, 0.15) is 0 Å². The minimum atomic E-state index is -0.637. The van der Waals surface area contributed by atoms with Gasteiger partial charge in [-0.05, 0) is 73.2 Å². The molecule has 0 aromatic carbocycles. The molecule has 0 radical (unpaired) electrons. The summed E-state index contributed by atoms with van der Waals surface area (Å²) in [6.07, 6.45) is 8.77. The Morgan fingerprint density at radius 2 is 1.52 bits per heavy atom. The maximum absolute atomic E-state index is 10.3. The number of hydrogen-bond acceptors (Lipinski definition) is 3. The molecular weight excluding hydrogens is 360 g/mol. The van der Waals surface area contributed by atoms with Crippen LogP contribution in [0.5, 0.6) is 0 Å². The number of H-pyrrole nitrogens is 2. The van der Waals surface area contributed by atoms with Crippen LogP contribution < -0.4 is 0 Å². The maximum Gasteiger partial charge on any atom is 0.0782 e. The largest absolute Gasteiger partial charge is 0.389 e. The van der Waals surface area contributed by atoms with Crippen molar-refractivity contribution in [2.75, 3.05) is 0 Å². The summed E-state index contributed by atoms with van der Waals surface area (Å²) in [4.78, 5) is 15.9. The first-order valence-electron chi connectivity index (χ1n) is 9.92. The zero-order valence-corrected chi connectivity index (χ0v) is 15.9. The molecule has 0 aliphatic carbocycles. The molecule has 5 heterocycles. The zero-order valence-electron chi connectivity index (χ0n) is 16.9. The molecule has 5 rings (SSSR count). The number of rotatable bonds is 2. The number of aromatic nitrogens is 4. The van der Waals surface area contributed by atoms with E-state index in [0.717, 1.165) is 44.9 Å². The Hall–Kier alpha value is -3.70. The van der Waals surface area contributed by atoms with Crippen molar-refractivity contribution in [3.8, 4) is 0 Å². The molecule has 2 aliphatic heterocycles. The first kappa shape index (κ1) is 16.3. The summed E-state index contributed by atoms with van der Waals surface area (Å²) in [5.74, 6) is 0. The molecule has 5 nitrogen and oxygen atoms in total. The van der Waals surface area contributed by atoms with E-state index in [9.17, 15) is 5.11 Å². The molecule has 3 N–H and O–H groups in total. The number of aromatic amines is 2. The minimum absolute atomic E-state index is 0.366. The number of aliphatic hydroxyl groups excluding tert-OH is 1. The van der Waals surface area contributed by atoms with Gasteiger partial charge in [-0.1, -0.05) is 12.7 Å². The number of nitrogens with one attached hydrogen (secondary N) is 2. The van der Waals surface area contributed by atoms with Gasteiger partial charge in [-0.25, -0.2) is 9.97 Å². The molecule has 1 unspecified atom stereocenters. The van der Waals surface area contributed by atoms with E-state index in [4.69, 9.17) is 1.37 Å². The summed E-state index contributed by atoms with van der Waals surface area (Å²) >= 11 is 0. The topological polar surface area (TPSA) is 77.6 Å². The molecule has 0 fully saturated rings. The Labute approximate surface area is 169 Å². The van der Waals surface area contributed by atoms with Crippen LogP contribution >= 0.6 is 0 Å². The van der Waals surface area contributed by atoms with Gasteiger partial charge in [0.05, 0.1) is 30.3 Å². The predicted molar refractivity (Wildman–Crippen MR) is 120 cm³/mol. The highest BCUT2D eigenvalue weighted by Gasteiger charge is 2.09. The van der Waals surface area contributed by atoms with Crippen LogP contribution in [0.25, 0.3) is 52.4 Å². The Kier molecular flexibility index (Phi) is 3.77. The fourth-order valence-corrected chi connectivity index (χ4v) is 3.57. The molecule has 5 heteroatoms. The second kappa shape index (κ2) is 6.72. The summed E-state index contributed by atoms with van der Waals surface area (Å²) in [6.45, 7) is 5.61. The van der Waals surface area contributed by atoms with Gasteiger partial charge in [0, 0.05) is 27.6 Å². The molecule has 0 spiro atoms. The average molecular weight is 381 g/mol. The van der Waals surface area contributed by atoms with E-state index in [1.807, 2.05) is 54.6 Å². The Morgan fingerprint density at radius 3 is 2.17 bits per heavy atom. The molecular formula is C24H20N4O. The molecule has 1 atom stereocenters. The van der Waals surface area contributed by atoms with Gasteiger partial charge in [0.15, 0.2) is 0 Å². The van der Waals surface area contributed by atoms with Crippen molar-refractivity contribution in [1.82, 2.24) is 19.9 Å². The molecule has 0 amide bonds. The Bertz CT molecular complexity index is 1410. The lowest BCUT2D eigenvalue weighted by molar-refractivity contribution is 0.201. The van der Waals surface area contributed by atoms with Crippen LogP contribution in [0.3, 0.4) is 0 Å². The van der Waals surface area contributed by atoms with Crippen molar-refractivity contribution in [3.63, 3.8) is 0 Å². The van der Waals surface area contributed by atoms with Gasteiger partial charge in [-0.2, -0.15) is 0 Å². The fourth-order valence-electron chi connectivity index (χ4n) is 3.57. The van der Waals surface area contributed by atoms with Crippen LogP contribution in [0, 0.1) is 0 Å². The standard InChI is InChI=1S/C24H20N4O/c1-3-15-8-20-10-18-5-4-16(25-18)9-17-6-7-19(26-17)12-24-22(14(2)29)11-21(28-24)13-23(15)27-20/h3-14,27-29H,1H2,2H3/i8D. The van der Waals surface area contributed by atoms with Crippen LogP contribution in [-0.2, 0) is 0 Å². The van der Waals surface area contributed by atoms with Gasteiger partial charge in [-0.15, -0.1) is 0 Å². The summed E-state index contributed by atoms with van der Waals surface area (Å²) in [6, 6.07) is 9.89. The number of nitrogens with zero attached hydrogens (tertiary/aromatic N) is 2. The minimum Gasteiger partial charge on any atom is -0.389 e. The van der Waals surface area contributed by atoms with Crippen molar-refractivity contribution in [2.24, 2.45) is 0 Å². The lowest BCUT2D eigenvalue weighted by atomic mass is 10.1. The molecule has 0 saturated carbocycles. The normalized spacial score (nSPS) is 14.1. The molecule has 142 valence electrons. The highest BCUT2D eigenvalue weighted by atomic mass is 16.3. The van der Waals surface area contributed by atoms with Crippen molar-refractivity contribution < 1.29 is 6.48 Å². The lowest BCUT2D eigenvalue weighted by Crippen LogP contribution is -1.88. The summed E-state index contributed by atoms with van der Waals surface area (Å²) in [5, 5.41) is 10.3. The SMILES string of the molecule is [2H]c1c(C=C)c2cc3cc(C(C)O)c(cc4nc(cc5nc(cc1[nH]2)C=C5)C=C4)[nH]3. The van der Waals surface area contributed by atoms with Crippen molar-refractivity contribution in [1.29, 1.82) is 0 Å². The smallest absolute Gasteiger partial charge is 0.0782 e. The van der Waals surface area contributed by atoms with Gasteiger partial charge < -0.3 is 15.1 Å². The predicted octanol–water partition coefficient (Wildman–Crippen LogP) is 5.35. The molecule has 0 saturated heterocycles. The van der Waals surface area contributed by atoms with E-state index in [0.29, 0.717) is 17.1 Å². The van der Waals surface area contributed by atoms with E-state index >= 15 is 0 Å². The van der Waals surface area contributed by atoms with Gasteiger partial charge >= 0.3 is 0 Å². The van der Waals surface area contributed by atoms with Gasteiger partial charge in [0.25, 0.3) is 0 Å². The summed E-state index contributed by atoms with van der Waals surface area (Å²) in [5.41, 5.74) is 7.71. The second-order valence-corrected chi connectivity index (χ2v) is 7.13. The molecule has 29 heavy (non-hydrogen) atoms. The molecule has 8 bridgehead atoms. The lowest BCUT2D eigenvalue weighted by Gasteiger charge is -1.99. The summed E-state index contributed by atoms with van der Waals surface area (Å²) < 4.78 is 8.52. The molecule has 3 aromatic rings. The first-order chi connectivity index (χ1) is 14.5. The van der Waals surface area contributed by atoms with E-state index in [1.54, 1.807) is 13.0 Å². The highest BCUT2D eigenvalue weighted by Crippen LogP contribution is 2.24. The summed E-state index contributed by atoms with van der Waals surface area (Å²) in [7, 11) is 0. The molecule has 3 aromatic heterocycles. The van der Waals surface area contributed by atoms with Crippen molar-refractivity contribution in [3.05, 3.63) is 76.9 Å². The molecule has 2 aliphatic rings. The van der Waals surface area contributed by atoms with E-state index in [1.165, 1.54) is 0 Å². The number of fused-ring (bicyclic) bond motifs is 8. The number of aliphatic hydroxyl groups is 1. The first-order valence-corrected chi connectivity index (χ1v) is 9.42. The average Bonchev–Trinajstić information content (AvgIpc) is 3.46. The van der Waals surface area contributed by atoms with E-state index < -0.39 is 6.10 Å². The van der Waals surface area contributed by atoms with Gasteiger partial charge in [-0.3, -0.25) is 0 Å². The monoisotopic (exact) mass is 381 g/mol. The Balaban J connectivity index is 1.92. The number of hydrogen-bond donors (Lipinski definition) is 3. The van der Waals surface area contributed by atoms with Crippen LogP contribution in [0.1, 0.15) is 48.3 Å². The maximum atomic E-state index is 10.3. The van der Waals surface area contributed by atoms with Crippen LogP contribution in [0.4, 0.5) is 0 Å². The zero-order chi connectivity index (χ0) is 20.8. The third-order valence-electron chi connectivity index (χ3n) is 4.93. The third kappa shape index (κ3) is 3.32. The van der Waals surface area contributed by atoms with Gasteiger partial charge in [0.2, 0.25) is 0 Å². The fraction of sp³-hybridized carbons (Fsp3) is 0.0833. The van der Waals surface area contributed by atoms with Crippen LogP contribution in [0.15, 0.2) is 43.0 Å². The Morgan fingerprint density at radius 1 is 0.897 bits per heavy atom. The highest BCUT2D eigenvalue weighted by molar-refractivity contribution is 5.81. The van der Waals surface area contributed by atoms with E-state index in [2.05, 4.69) is 26.5 Å². The second-order valence-electron chi connectivity index (χ2n) is 7.13. The van der Waals surface area contributed by atoms with E-state index in [-0.39, 0.29) is 0 Å². The third-order valence-corrected chi connectivity index (χ3v) is 4.93. The van der Waals surface area contributed by atoms with Crippen molar-refractivity contribution >= 4 is 52.4 Å². The van der Waals surface area contributed by atoms with Crippen molar-refractivity contribution in [2.45, 2.75) is 13.0 Å². The quantitative estimate of drug-likeness (QED) is 0.386.